The van der Waals surface area contributed by atoms with E-state index in [9.17, 15) is 0 Å². The smallest absolute Gasteiger partial charge is 0.0834 e. The van der Waals surface area contributed by atoms with Crippen LogP contribution in [0.4, 0.5) is 0 Å². The second kappa shape index (κ2) is 7.13. The molecule has 0 heterocycles. The van der Waals surface area contributed by atoms with Crippen LogP contribution in [0.3, 0.4) is 0 Å². The van der Waals surface area contributed by atoms with Crippen molar-refractivity contribution in [3.63, 3.8) is 0 Å². The maximum absolute atomic E-state index is 6.32. The third-order valence-corrected chi connectivity index (χ3v) is 4.97. The summed E-state index contributed by atoms with van der Waals surface area (Å²) in [6, 6.07) is 6.03. The molecule has 1 atom stereocenters. The van der Waals surface area contributed by atoms with Gasteiger partial charge in [0.15, 0.2) is 0 Å². The third kappa shape index (κ3) is 3.48. The van der Waals surface area contributed by atoms with Crippen LogP contribution in [0.15, 0.2) is 18.2 Å². The second-order valence-corrected chi connectivity index (χ2v) is 6.37. The van der Waals surface area contributed by atoms with E-state index in [0.29, 0.717) is 11.1 Å². The van der Waals surface area contributed by atoms with Crippen LogP contribution in [0.25, 0.3) is 0 Å². The molecule has 1 fully saturated rings. The van der Waals surface area contributed by atoms with Crippen LogP contribution in [0.2, 0.25) is 10.0 Å². The Kier molecular flexibility index (Phi) is 5.74. The summed E-state index contributed by atoms with van der Waals surface area (Å²) >= 11 is 12.3. The first kappa shape index (κ1) is 16.1. The molecule has 0 aliphatic heterocycles. The number of hydrogen-bond donors (Lipinski definition) is 1. The molecule has 1 aromatic carbocycles. The predicted octanol–water partition coefficient (Wildman–Crippen LogP) is 4.47. The molecule has 0 spiro atoms. The Labute approximate surface area is 131 Å². The number of hydrogen-bond acceptors (Lipinski definition) is 2. The number of halogens is 2. The van der Waals surface area contributed by atoms with Gasteiger partial charge in [0.2, 0.25) is 0 Å². The number of methoxy groups -OCH3 is 1. The normalized spacial score (nSPS) is 19.2. The standard InChI is InChI=1S/C16H23Cl2NO/c1-3-19-15(16(20-2)8-4-5-9-16)10-12-6-7-13(17)11-14(12)18/h6-7,11,15,19H,3-5,8-10H2,1-2H3. The molecule has 0 saturated heterocycles. The average Bonchev–Trinajstić information content (AvgIpc) is 2.91. The Morgan fingerprint density at radius 3 is 2.55 bits per heavy atom. The summed E-state index contributed by atoms with van der Waals surface area (Å²) in [7, 11) is 1.83. The highest BCUT2D eigenvalue weighted by molar-refractivity contribution is 6.35. The van der Waals surface area contributed by atoms with Gasteiger partial charge in [-0.25, -0.2) is 0 Å². The van der Waals surface area contributed by atoms with Crippen LogP contribution in [-0.2, 0) is 11.2 Å². The number of nitrogens with one attached hydrogen (secondary N) is 1. The summed E-state index contributed by atoms with van der Waals surface area (Å²) in [5.74, 6) is 0. The lowest BCUT2D eigenvalue weighted by Crippen LogP contribution is -2.51. The van der Waals surface area contributed by atoms with Gasteiger partial charge < -0.3 is 10.1 Å². The van der Waals surface area contributed by atoms with E-state index in [1.807, 2.05) is 25.3 Å². The first-order valence-corrected chi connectivity index (χ1v) is 8.09. The zero-order valence-corrected chi connectivity index (χ0v) is 13.7. The lowest BCUT2D eigenvalue weighted by molar-refractivity contribution is -0.0351. The summed E-state index contributed by atoms with van der Waals surface area (Å²) in [5, 5.41) is 5.01. The largest absolute Gasteiger partial charge is 0.377 e. The minimum Gasteiger partial charge on any atom is -0.377 e. The van der Waals surface area contributed by atoms with Gasteiger partial charge in [-0.2, -0.15) is 0 Å². The fourth-order valence-corrected chi connectivity index (χ4v) is 3.75. The van der Waals surface area contributed by atoms with Gasteiger partial charge in [-0.15, -0.1) is 0 Å². The molecule has 1 aliphatic rings. The molecule has 112 valence electrons. The minimum atomic E-state index is -0.0566. The van der Waals surface area contributed by atoms with E-state index in [1.165, 1.54) is 12.8 Å². The van der Waals surface area contributed by atoms with Crippen LogP contribution < -0.4 is 5.32 Å². The molecule has 1 saturated carbocycles. The average molecular weight is 316 g/mol. The topological polar surface area (TPSA) is 21.3 Å². The molecule has 0 aromatic heterocycles. The van der Waals surface area contributed by atoms with Gasteiger partial charge in [0.1, 0.15) is 0 Å². The van der Waals surface area contributed by atoms with E-state index < -0.39 is 0 Å². The quantitative estimate of drug-likeness (QED) is 0.836. The maximum atomic E-state index is 6.32. The van der Waals surface area contributed by atoms with E-state index in [0.717, 1.165) is 36.4 Å². The molecule has 1 aromatic rings. The third-order valence-electron chi connectivity index (χ3n) is 4.38. The number of likely N-dealkylation sites (N-methyl/N-ethyl adjacent to an activating group) is 1. The number of benzene rings is 1. The first-order chi connectivity index (χ1) is 9.61. The summed E-state index contributed by atoms with van der Waals surface area (Å²) in [6.45, 7) is 3.07. The molecule has 1 unspecified atom stereocenters. The lowest BCUT2D eigenvalue weighted by atomic mass is 9.87. The van der Waals surface area contributed by atoms with Crippen molar-refractivity contribution in [2.75, 3.05) is 13.7 Å². The molecule has 2 nitrogen and oxygen atoms in total. The molecule has 1 N–H and O–H groups in total. The van der Waals surface area contributed by atoms with Crippen molar-refractivity contribution < 1.29 is 4.74 Å². The molecule has 2 rings (SSSR count). The molecule has 0 radical (unpaired) electrons. The fourth-order valence-electron chi connectivity index (χ4n) is 3.27. The molecule has 4 heteroatoms. The van der Waals surface area contributed by atoms with Crippen molar-refractivity contribution in [2.45, 2.75) is 50.7 Å². The summed E-state index contributed by atoms with van der Waals surface area (Å²) < 4.78 is 5.92. The molecule has 0 bridgehead atoms. The zero-order chi connectivity index (χ0) is 14.6. The van der Waals surface area contributed by atoms with Crippen molar-refractivity contribution in [3.05, 3.63) is 33.8 Å². The van der Waals surface area contributed by atoms with Crippen LogP contribution in [-0.4, -0.2) is 25.3 Å². The Morgan fingerprint density at radius 1 is 1.30 bits per heavy atom. The van der Waals surface area contributed by atoms with E-state index in [-0.39, 0.29) is 5.60 Å². The monoisotopic (exact) mass is 315 g/mol. The fraction of sp³-hybridized carbons (Fsp3) is 0.625. The van der Waals surface area contributed by atoms with E-state index >= 15 is 0 Å². The highest BCUT2D eigenvalue weighted by Gasteiger charge is 2.41. The predicted molar refractivity (Wildman–Crippen MR) is 85.8 cm³/mol. The second-order valence-electron chi connectivity index (χ2n) is 5.53. The summed E-state index contributed by atoms with van der Waals surface area (Å²) in [4.78, 5) is 0. The van der Waals surface area contributed by atoms with Gasteiger partial charge >= 0.3 is 0 Å². The first-order valence-electron chi connectivity index (χ1n) is 7.34. The highest BCUT2D eigenvalue weighted by atomic mass is 35.5. The minimum absolute atomic E-state index is 0.0566. The molecule has 0 amide bonds. The van der Waals surface area contributed by atoms with Crippen LogP contribution in [0.5, 0.6) is 0 Å². The van der Waals surface area contributed by atoms with Gasteiger partial charge in [-0.1, -0.05) is 49.0 Å². The van der Waals surface area contributed by atoms with Crippen LogP contribution in [0, 0.1) is 0 Å². The molecular formula is C16H23Cl2NO. The van der Waals surface area contributed by atoms with E-state index in [4.69, 9.17) is 27.9 Å². The highest BCUT2D eigenvalue weighted by Crippen LogP contribution is 2.37. The molecular weight excluding hydrogens is 293 g/mol. The Bertz CT molecular complexity index is 444. The molecule has 1 aliphatic carbocycles. The number of ether oxygens (including phenoxy) is 1. The number of rotatable bonds is 6. The van der Waals surface area contributed by atoms with Crippen molar-refractivity contribution in [3.8, 4) is 0 Å². The van der Waals surface area contributed by atoms with Gasteiger partial charge in [0.25, 0.3) is 0 Å². The molecule has 20 heavy (non-hydrogen) atoms. The van der Waals surface area contributed by atoms with Gasteiger partial charge in [-0.05, 0) is 43.5 Å². The van der Waals surface area contributed by atoms with Crippen molar-refractivity contribution >= 4 is 23.2 Å². The zero-order valence-electron chi connectivity index (χ0n) is 12.2. The summed E-state index contributed by atoms with van der Waals surface area (Å²) in [6.07, 6.45) is 5.59. The van der Waals surface area contributed by atoms with Crippen molar-refractivity contribution in [1.29, 1.82) is 0 Å². The Morgan fingerprint density at radius 2 is 2.00 bits per heavy atom. The van der Waals surface area contributed by atoms with Gasteiger partial charge in [-0.3, -0.25) is 0 Å². The SMILES string of the molecule is CCNC(Cc1ccc(Cl)cc1Cl)C1(OC)CCCC1. The van der Waals surface area contributed by atoms with Gasteiger partial charge in [0.05, 0.1) is 5.60 Å². The van der Waals surface area contributed by atoms with E-state index in [2.05, 4.69) is 12.2 Å². The van der Waals surface area contributed by atoms with Crippen LogP contribution >= 0.6 is 23.2 Å². The van der Waals surface area contributed by atoms with E-state index in [1.54, 1.807) is 0 Å². The summed E-state index contributed by atoms with van der Waals surface area (Å²) in [5.41, 5.74) is 1.07. The van der Waals surface area contributed by atoms with Crippen LogP contribution in [0.1, 0.15) is 38.2 Å². The van der Waals surface area contributed by atoms with Crippen molar-refractivity contribution in [1.82, 2.24) is 5.32 Å². The lowest BCUT2D eigenvalue weighted by Gasteiger charge is -2.37. The van der Waals surface area contributed by atoms with Gasteiger partial charge in [0, 0.05) is 23.2 Å². The maximum Gasteiger partial charge on any atom is 0.0834 e. The van der Waals surface area contributed by atoms with Crippen molar-refractivity contribution in [2.24, 2.45) is 0 Å². The Hall–Kier alpha value is -0.280. The Balaban J connectivity index is 2.20.